The standard InChI is InChI=1S/C13H16Cl2N2O5/c1-20-11-3-2-9(16-12(18)21-6-4-14)8-10(11)17-13(19)22-7-5-15/h2-3,8H,4-7H2,1H3,(H,16,18)(H,17,19). The molecule has 0 saturated heterocycles. The second-order valence-corrected chi connectivity index (χ2v) is 4.57. The molecule has 0 saturated carbocycles. The lowest BCUT2D eigenvalue weighted by molar-refractivity contribution is 0.168. The van der Waals surface area contributed by atoms with Gasteiger partial charge in [0.25, 0.3) is 0 Å². The van der Waals surface area contributed by atoms with Crippen molar-refractivity contribution in [3.05, 3.63) is 18.2 Å². The first-order valence-corrected chi connectivity index (χ1v) is 7.35. The van der Waals surface area contributed by atoms with Crippen molar-refractivity contribution in [2.24, 2.45) is 0 Å². The molecule has 0 aliphatic rings. The quantitative estimate of drug-likeness (QED) is 0.737. The molecular weight excluding hydrogens is 335 g/mol. The number of carbonyl (C=O) groups is 2. The number of amides is 2. The third-order valence-corrected chi connectivity index (χ3v) is 2.61. The monoisotopic (exact) mass is 350 g/mol. The zero-order valence-corrected chi connectivity index (χ0v) is 13.4. The molecule has 0 aliphatic carbocycles. The van der Waals surface area contributed by atoms with Crippen LogP contribution in [0.25, 0.3) is 0 Å². The smallest absolute Gasteiger partial charge is 0.411 e. The molecule has 1 aromatic rings. The largest absolute Gasteiger partial charge is 0.495 e. The maximum absolute atomic E-state index is 11.5. The molecule has 122 valence electrons. The van der Waals surface area contributed by atoms with Crippen LogP contribution in [0, 0.1) is 0 Å². The summed E-state index contributed by atoms with van der Waals surface area (Å²) >= 11 is 10.9. The molecule has 0 unspecified atom stereocenters. The highest BCUT2D eigenvalue weighted by Gasteiger charge is 2.11. The fourth-order valence-electron chi connectivity index (χ4n) is 1.45. The van der Waals surface area contributed by atoms with Gasteiger partial charge in [-0.3, -0.25) is 10.6 Å². The van der Waals surface area contributed by atoms with Crippen molar-refractivity contribution in [3.63, 3.8) is 0 Å². The maximum atomic E-state index is 11.5. The average Bonchev–Trinajstić information content (AvgIpc) is 2.51. The number of methoxy groups -OCH3 is 1. The van der Waals surface area contributed by atoms with E-state index in [1.165, 1.54) is 13.2 Å². The third-order valence-electron chi connectivity index (χ3n) is 2.30. The molecule has 2 amide bonds. The van der Waals surface area contributed by atoms with Crippen molar-refractivity contribution >= 4 is 46.8 Å². The number of hydrogen-bond donors (Lipinski definition) is 2. The number of rotatable bonds is 7. The van der Waals surface area contributed by atoms with Gasteiger partial charge in [-0.05, 0) is 18.2 Å². The first-order chi connectivity index (χ1) is 10.6. The molecule has 0 spiro atoms. The van der Waals surface area contributed by atoms with Crippen LogP contribution < -0.4 is 15.4 Å². The van der Waals surface area contributed by atoms with E-state index in [1.54, 1.807) is 12.1 Å². The van der Waals surface area contributed by atoms with E-state index in [9.17, 15) is 9.59 Å². The van der Waals surface area contributed by atoms with E-state index in [0.29, 0.717) is 17.1 Å². The molecule has 9 heteroatoms. The molecule has 1 rings (SSSR count). The Balaban J connectivity index is 2.75. The maximum Gasteiger partial charge on any atom is 0.411 e. The first-order valence-electron chi connectivity index (χ1n) is 6.28. The molecule has 0 aromatic heterocycles. The molecule has 0 aliphatic heterocycles. The normalized spacial score (nSPS) is 9.77. The molecule has 0 radical (unpaired) electrons. The van der Waals surface area contributed by atoms with Gasteiger partial charge in [-0.1, -0.05) is 0 Å². The van der Waals surface area contributed by atoms with E-state index in [0.717, 1.165) is 0 Å². The van der Waals surface area contributed by atoms with Gasteiger partial charge in [-0.25, -0.2) is 9.59 Å². The summed E-state index contributed by atoms with van der Waals surface area (Å²) in [5, 5.41) is 4.99. The lowest BCUT2D eigenvalue weighted by atomic mass is 10.2. The Labute approximate surface area is 137 Å². The number of benzene rings is 1. The number of anilines is 2. The zero-order chi connectivity index (χ0) is 16.4. The van der Waals surface area contributed by atoms with Crippen LogP contribution in [0.1, 0.15) is 0 Å². The number of carbonyl (C=O) groups excluding carboxylic acids is 2. The Morgan fingerprint density at radius 3 is 2.18 bits per heavy atom. The van der Waals surface area contributed by atoms with Crippen molar-refractivity contribution < 1.29 is 23.8 Å². The molecule has 0 heterocycles. The van der Waals surface area contributed by atoms with E-state index in [4.69, 9.17) is 37.4 Å². The molecule has 0 fully saturated rings. The van der Waals surface area contributed by atoms with Crippen LogP contribution in [0.15, 0.2) is 18.2 Å². The van der Waals surface area contributed by atoms with Gasteiger partial charge in [-0.15, -0.1) is 23.2 Å². The predicted octanol–water partition coefficient (Wildman–Crippen LogP) is 3.27. The highest BCUT2D eigenvalue weighted by atomic mass is 35.5. The summed E-state index contributed by atoms with van der Waals surface area (Å²) in [4.78, 5) is 23.0. The number of ether oxygens (including phenoxy) is 3. The molecule has 22 heavy (non-hydrogen) atoms. The summed E-state index contributed by atoms with van der Waals surface area (Å²) in [6.07, 6.45) is -1.33. The van der Waals surface area contributed by atoms with Crippen molar-refractivity contribution in [1.82, 2.24) is 0 Å². The Bertz CT molecular complexity index is 513. The molecule has 0 bridgehead atoms. The van der Waals surface area contributed by atoms with Crippen molar-refractivity contribution in [3.8, 4) is 5.75 Å². The van der Waals surface area contributed by atoms with Crippen LogP contribution in [-0.4, -0.2) is 44.3 Å². The molecule has 0 atom stereocenters. The number of alkyl halides is 2. The topological polar surface area (TPSA) is 85.9 Å². The van der Waals surface area contributed by atoms with Gasteiger partial charge in [0.1, 0.15) is 19.0 Å². The van der Waals surface area contributed by atoms with Crippen LogP contribution in [-0.2, 0) is 9.47 Å². The second-order valence-electron chi connectivity index (χ2n) is 3.81. The summed E-state index contributed by atoms with van der Waals surface area (Å²) in [5.74, 6) is 0.802. The van der Waals surface area contributed by atoms with E-state index < -0.39 is 12.2 Å². The highest BCUT2D eigenvalue weighted by Crippen LogP contribution is 2.28. The first kappa shape index (κ1) is 18.2. The summed E-state index contributed by atoms with van der Waals surface area (Å²) in [5.41, 5.74) is 0.741. The van der Waals surface area contributed by atoms with Crippen molar-refractivity contribution in [2.75, 3.05) is 42.7 Å². The summed E-state index contributed by atoms with van der Waals surface area (Å²) in [6.45, 7) is 0.178. The van der Waals surface area contributed by atoms with E-state index in [-0.39, 0.29) is 25.0 Å². The van der Waals surface area contributed by atoms with Gasteiger partial charge >= 0.3 is 12.2 Å². The SMILES string of the molecule is COc1ccc(NC(=O)OCCCl)cc1NC(=O)OCCCl. The van der Waals surface area contributed by atoms with Gasteiger partial charge in [0.05, 0.1) is 24.6 Å². The third kappa shape index (κ3) is 6.28. The lowest BCUT2D eigenvalue weighted by Crippen LogP contribution is -2.17. The molecule has 1 aromatic carbocycles. The van der Waals surface area contributed by atoms with Crippen LogP contribution in [0.4, 0.5) is 21.0 Å². The second kappa shape index (κ2) is 9.97. The van der Waals surface area contributed by atoms with E-state index >= 15 is 0 Å². The van der Waals surface area contributed by atoms with Gasteiger partial charge < -0.3 is 14.2 Å². The van der Waals surface area contributed by atoms with Crippen molar-refractivity contribution in [2.45, 2.75) is 0 Å². The number of hydrogen-bond acceptors (Lipinski definition) is 5. The van der Waals surface area contributed by atoms with Crippen LogP contribution in [0.2, 0.25) is 0 Å². The minimum atomic E-state index is -0.680. The molecular formula is C13H16Cl2N2O5. The summed E-state index contributed by atoms with van der Waals surface area (Å²) < 4.78 is 14.7. The van der Waals surface area contributed by atoms with Gasteiger partial charge in [-0.2, -0.15) is 0 Å². The van der Waals surface area contributed by atoms with Gasteiger partial charge in [0.2, 0.25) is 0 Å². The summed E-state index contributed by atoms with van der Waals surface area (Å²) in [6, 6.07) is 4.67. The lowest BCUT2D eigenvalue weighted by Gasteiger charge is -2.12. The average molecular weight is 351 g/mol. The summed E-state index contributed by atoms with van der Waals surface area (Å²) in [7, 11) is 1.45. The van der Waals surface area contributed by atoms with Gasteiger partial charge in [0.15, 0.2) is 0 Å². The Hall–Kier alpha value is -1.86. The van der Waals surface area contributed by atoms with Crippen LogP contribution in [0.3, 0.4) is 0 Å². The Morgan fingerprint density at radius 1 is 1.05 bits per heavy atom. The Morgan fingerprint density at radius 2 is 1.64 bits per heavy atom. The molecule has 7 nitrogen and oxygen atoms in total. The fraction of sp³-hybridized carbons (Fsp3) is 0.385. The number of halogens is 2. The van der Waals surface area contributed by atoms with E-state index in [2.05, 4.69) is 10.6 Å². The predicted molar refractivity (Wildman–Crippen MR) is 84.4 cm³/mol. The van der Waals surface area contributed by atoms with Crippen molar-refractivity contribution in [1.29, 1.82) is 0 Å². The minimum Gasteiger partial charge on any atom is -0.495 e. The minimum absolute atomic E-state index is 0.0817. The van der Waals surface area contributed by atoms with E-state index in [1.807, 2.05) is 0 Å². The number of nitrogens with one attached hydrogen (secondary N) is 2. The highest BCUT2D eigenvalue weighted by molar-refractivity contribution is 6.18. The van der Waals surface area contributed by atoms with Crippen LogP contribution in [0.5, 0.6) is 5.75 Å². The Kier molecular flexibility index (Phi) is 8.24. The fourth-order valence-corrected chi connectivity index (χ4v) is 1.60. The zero-order valence-electron chi connectivity index (χ0n) is 11.9. The van der Waals surface area contributed by atoms with Crippen LogP contribution >= 0.6 is 23.2 Å². The molecule has 2 N–H and O–H groups in total. The van der Waals surface area contributed by atoms with Gasteiger partial charge in [0, 0.05) is 5.69 Å².